The summed E-state index contributed by atoms with van der Waals surface area (Å²) in [5, 5.41) is 10.6. The van der Waals surface area contributed by atoms with Crippen LogP contribution in [0.3, 0.4) is 0 Å². The number of halogens is 1. The number of aromatic nitrogens is 2. The predicted molar refractivity (Wildman–Crippen MR) is 96.3 cm³/mol. The Hall–Kier alpha value is -2.34. The molecule has 2 N–H and O–H groups in total. The molecule has 1 saturated carbocycles. The second-order valence-corrected chi connectivity index (χ2v) is 6.71. The van der Waals surface area contributed by atoms with Crippen molar-refractivity contribution in [3.63, 3.8) is 0 Å². The summed E-state index contributed by atoms with van der Waals surface area (Å²) in [5.74, 6) is 0.0624. The van der Waals surface area contributed by atoms with E-state index in [4.69, 9.17) is 11.6 Å². The molecule has 3 rings (SSSR count). The maximum absolute atomic E-state index is 12.5. The van der Waals surface area contributed by atoms with Crippen molar-refractivity contribution < 1.29 is 9.59 Å². The molecule has 0 spiro atoms. The Kier molecular flexibility index (Phi) is 5.08. The van der Waals surface area contributed by atoms with Crippen LogP contribution in [0.2, 0.25) is 5.02 Å². The molecule has 1 heterocycles. The van der Waals surface area contributed by atoms with Crippen molar-refractivity contribution in [2.75, 3.05) is 13.1 Å². The number of aryl methyl sites for hydroxylation is 1. The van der Waals surface area contributed by atoms with Gasteiger partial charge >= 0.3 is 0 Å². The first-order valence-corrected chi connectivity index (χ1v) is 8.72. The van der Waals surface area contributed by atoms with Crippen LogP contribution in [-0.2, 0) is 4.79 Å². The molecule has 0 bridgehead atoms. The fourth-order valence-corrected chi connectivity index (χ4v) is 2.89. The summed E-state index contributed by atoms with van der Waals surface area (Å²) in [6.07, 6.45) is 3.71. The molecule has 0 radical (unpaired) electrons. The summed E-state index contributed by atoms with van der Waals surface area (Å²) >= 11 is 6.24. The van der Waals surface area contributed by atoms with Gasteiger partial charge in [0, 0.05) is 31.0 Å². The average Bonchev–Trinajstić information content (AvgIpc) is 3.32. The molecule has 132 valence electrons. The van der Waals surface area contributed by atoms with Gasteiger partial charge in [0.15, 0.2) is 0 Å². The molecule has 25 heavy (non-hydrogen) atoms. The van der Waals surface area contributed by atoms with Crippen LogP contribution in [0, 0.1) is 6.92 Å². The molecule has 6 nitrogen and oxygen atoms in total. The van der Waals surface area contributed by atoms with Gasteiger partial charge in [0.25, 0.3) is 5.91 Å². The van der Waals surface area contributed by atoms with Crippen molar-refractivity contribution >= 4 is 23.4 Å². The maximum atomic E-state index is 12.5. The number of carbonyl (C=O) groups is 2. The molecule has 2 amide bonds. The minimum atomic E-state index is -0.170. The molecule has 1 aromatic carbocycles. The van der Waals surface area contributed by atoms with E-state index in [0.29, 0.717) is 29.6 Å². The highest BCUT2D eigenvalue weighted by Gasteiger charge is 2.32. The number of rotatable bonds is 6. The lowest BCUT2D eigenvalue weighted by Gasteiger charge is -2.10. The molecule has 1 aromatic heterocycles. The van der Waals surface area contributed by atoms with E-state index in [1.807, 2.05) is 29.8 Å². The quantitative estimate of drug-likeness (QED) is 0.777. The van der Waals surface area contributed by atoms with Crippen molar-refractivity contribution in [2.24, 2.45) is 0 Å². The van der Waals surface area contributed by atoms with E-state index in [0.717, 1.165) is 29.8 Å². The van der Waals surface area contributed by atoms with Gasteiger partial charge in [0.1, 0.15) is 0 Å². The van der Waals surface area contributed by atoms with Gasteiger partial charge in [-0.1, -0.05) is 17.7 Å². The molecule has 0 saturated heterocycles. The number of amides is 2. The average molecular weight is 361 g/mol. The van der Waals surface area contributed by atoms with E-state index in [2.05, 4.69) is 15.7 Å². The van der Waals surface area contributed by atoms with Crippen molar-refractivity contribution in [1.29, 1.82) is 0 Å². The Morgan fingerprint density at radius 1 is 1.28 bits per heavy atom. The van der Waals surface area contributed by atoms with Crippen molar-refractivity contribution in [1.82, 2.24) is 20.4 Å². The molecule has 7 heteroatoms. The van der Waals surface area contributed by atoms with Crippen molar-refractivity contribution in [3.05, 3.63) is 46.2 Å². The summed E-state index contributed by atoms with van der Waals surface area (Å²) in [5.41, 5.74) is 3.37. The number of nitrogens with zero attached hydrogens (tertiary/aromatic N) is 2. The van der Waals surface area contributed by atoms with E-state index in [9.17, 15) is 9.59 Å². The number of nitrogens with one attached hydrogen (secondary N) is 2. The first-order chi connectivity index (χ1) is 12.0. The van der Waals surface area contributed by atoms with E-state index in [1.165, 1.54) is 6.92 Å². The van der Waals surface area contributed by atoms with Crippen LogP contribution in [0.5, 0.6) is 0 Å². The fraction of sp³-hybridized carbons (Fsp3) is 0.389. The van der Waals surface area contributed by atoms with Gasteiger partial charge in [0.05, 0.1) is 23.1 Å². The Morgan fingerprint density at radius 2 is 2.00 bits per heavy atom. The molecular weight excluding hydrogens is 340 g/mol. The lowest BCUT2D eigenvalue weighted by Crippen LogP contribution is -2.33. The first-order valence-electron chi connectivity index (χ1n) is 8.34. The number of benzene rings is 1. The van der Waals surface area contributed by atoms with Crippen LogP contribution in [0.25, 0.3) is 5.69 Å². The topological polar surface area (TPSA) is 76.0 Å². The number of hydrogen-bond acceptors (Lipinski definition) is 3. The summed E-state index contributed by atoms with van der Waals surface area (Å²) < 4.78 is 1.81. The predicted octanol–water partition coefficient (Wildman–Crippen LogP) is 2.58. The SMILES string of the molecule is CC(=O)NCCNC(=O)c1cnn(-c2ccc(C)c(Cl)c2)c1C1CC1. The van der Waals surface area contributed by atoms with Crippen LogP contribution < -0.4 is 10.6 Å². The molecule has 0 unspecified atom stereocenters. The number of carbonyl (C=O) groups excluding carboxylic acids is 2. The lowest BCUT2D eigenvalue weighted by molar-refractivity contribution is -0.118. The third kappa shape index (κ3) is 4.02. The van der Waals surface area contributed by atoms with Crippen LogP contribution in [0.15, 0.2) is 24.4 Å². The number of hydrogen-bond donors (Lipinski definition) is 2. The van der Waals surface area contributed by atoms with E-state index >= 15 is 0 Å². The summed E-state index contributed by atoms with van der Waals surface area (Å²) in [6.45, 7) is 4.18. The molecule has 2 aromatic rings. The zero-order valence-corrected chi connectivity index (χ0v) is 15.1. The molecule has 1 aliphatic carbocycles. The lowest BCUT2D eigenvalue weighted by atomic mass is 10.1. The fourth-order valence-electron chi connectivity index (χ4n) is 2.71. The Morgan fingerprint density at radius 3 is 2.64 bits per heavy atom. The van der Waals surface area contributed by atoms with E-state index in [-0.39, 0.29) is 11.8 Å². The molecule has 1 fully saturated rings. The first kappa shape index (κ1) is 17.5. The van der Waals surface area contributed by atoms with Gasteiger partial charge in [-0.25, -0.2) is 4.68 Å². The van der Waals surface area contributed by atoms with Gasteiger partial charge < -0.3 is 10.6 Å². The van der Waals surface area contributed by atoms with Crippen LogP contribution >= 0.6 is 11.6 Å². The third-order valence-electron chi connectivity index (χ3n) is 4.20. The Bertz CT molecular complexity index is 811. The monoisotopic (exact) mass is 360 g/mol. The second kappa shape index (κ2) is 7.27. The summed E-state index contributed by atoms with van der Waals surface area (Å²) in [6, 6.07) is 5.77. The van der Waals surface area contributed by atoms with Crippen molar-refractivity contribution in [3.8, 4) is 5.69 Å². The molecule has 1 aliphatic rings. The van der Waals surface area contributed by atoms with Gasteiger partial charge in [-0.2, -0.15) is 5.10 Å². The molecular formula is C18H21ClN4O2. The Balaban J connectivity index is 1.81. The van der Waals surface area contributed by atoms with Gasteiger partial charge in [0.2, 0.25) is 5.91 Å². The largest absolute Gasteiger partial charge is 0.355 e. The maximum Gasteiger partial charge on any atom is 0.254 e. The highest BCUT2D eigenvalue weighted by molar-refractivity contribution is 6.31. The smallest absolute Gasteiger partial charge is 0.254 e. The van der Waals surface area contributed by atoms with Gasteiger partial charge in [-0.3, -0.25) is 9.59 Å². The third-order valence-corrected chi connectivity index (χ3v) is 4.61. The van der Waals surface area contributed by atoms with Crippen LogP contribution in [-0.4, -0.2) is 34.7 Å². The molecule has 0 atom stereocenters. The highest BCUT2D eigenvalue weighted by atomic mass is 35.5. The van der Waals surface area contributed by atoms with Crippen molar-refractivity contribution in [2.45, 2.75) is 32.6 Å². The normalized spacial score (nSPS) is 13.6. The van der Waals surface area contributed by atoms with E-state index in [1.54, 1.807) is 6.20 Å². The Labute approximate surface area is 151 Å². The second-order valence-electron chi connectivity index (χ2n) is 6.30. The van der Waals surface area contributed by atoms with Crippen LogP contribution in [0.4, 0.5) is 0 Å². The zero-order valence-electron chi connectivity index (χ0n) is 14.3. The van der Waals surface area contributed by atoms with Gasteiger partial charge in [-0.15, -0.1) is 0 Å². The molecule has 0 aliphatic heterocycles. The zero-order chi connectivity index (χ0) is 18.0. The summed E-state index contributed by atoms with van der Waals surface area (Å²) in [7, 11) is 0. The minimum Gasteiger partial charge on any atom is -0.355 e. The highest BCUT2D eigenvalue weighted by Crippen LogP contribution is 2.42. The standard InChI is InChI=1S/C18H21ClN4O2/c1-11-3-6-14(9-16(11)19)23-17(13-4-5-13)15(10-22-23)18(25)21-8-7-20-12(2)24/h3,6,9-10,13H,4-5,7-8H2,1-2H3,(H,20,24)(H,21,25). The van der Waals surface area contributed by atoms with E-state index < -0.39 is 0 Å². The van der Waals surface area contributed by atoms with Crippen LogP contribution in [0.1, 0.15) is 47.3 Å². The van der Waals surface area contributed by atoms with Gasteiger partial charge in [-0.05, 0) is 37.5 Å². The summed E-state index contributed by atoms with van der Waals surface area (Å²) in [4.78, 5) is 23.4. The minimum absolute atomic E-state index is 0.114.